The molecule has 0 aromatic carbocycles. The molecule has 3 N–H and O–H groups in total. The number of unbranched alkanes of at least 4 members (excludes halogenated alkanes) is 3. The standard InChI is InChI=1S/C11H23NO2/c1-3-5-6-7-9-11(12,8-4-2)10(13)14/h3-9,12H2,1-2H3,(H,13,14)/t11-/m1/s1. The van der Waals surface area contributed by atoms with Crippen LogP contribution in [0.4, 0.5) is 0 Å². The first kappa shape index (κ1) is 13.4. The Hall–Kier alpha value is -0.570. The quantitative estimate of drug-likeness (QED) is 0.593. The van der Waals surface area contributed by atoms with Gasteiger partial charge in [0, 0.05) is 0 Å². The molecule has 0 aliphatic rings. The Balaban J connectivity index is 3.90. The number of hydrogen-bond donors (Lipinski definition) is 2. The highest BCUT2D eigenvalue weighted by Gasteiger charge is 2.31. The third-order valence-corrected chi connectivity index (χ3v) is 2.60. The van der Waals surface area contributed by atoms with E-state index in [2.05, 4.69) is 6.92 Å². The highest BCUT2D eigenvalue weighted by molar-refractivity contribution is 5.78. The highest BCUT2D eigenvalue weighted by atomic mass is 16.4. The van der Waals surface area contributed by atoms with E-state index in [1.807, 2.05) is 6.92 Å². The molecule has 0 aliphatic heterocycles. The second kappa shape index (κ2) is 6.82. The zero-order valence-corrected chi connectivity index (χ0v) is 9.38. The molecule has 3 nitrogen and oxygen atoms in total. The number of rotatable bonds is 8. The molecule has 0 aliphatic carbocycles. The molecule has 0 amide bonds. The van der Waals surface area contributed by atoms with Crippen LogP contribution in [0, 0.1) is 0 Å². The van der Waals surface area contributed by atoms with Gasteiger partial charge in [-0.2, -0.15) is 0 Å². The fraction of sp³-hybridized carbons (Fsp3) is 0.909. The second-order valence-electron chi connectivity index (χ2n) is 4.02. The van der Waals surface area contributed by atoms with Crippen LogP contribution in [-0.4, -0.2) is 16.6 Å². The lowest BCUT2D eigenvalue weighted by Crippen LogP contribution is -2.47. The first-order chi connectivity index (χ1) is 6.56. The van der Waals surface area contributed by atoms with Crippen molar-refractivity contribution in [3.63, 3.8) is 0 Å². The fourth-order valence-corrected chi connectivity index (χ4v) is 1.65. The molecule has 1 atom stereocenters. The summed E-state index contributed by atoms with van der Waals surface area (Å²) < 4.78 is 0. The molecule has 0 aromatic rings. The number of carboxylic acids is 1. The second-order valence-corrected chi connectivity index (χ2v) is 4.02. The van der Waals surface area contributed by atoms with E-state index < -0.39 is 11.5 Å². The van der Waals surface area contributed by atoms with E-state index in [9.17, 15) is 4.79 Å². The smallest absolute Gasteiger partial charge is 0.323 e. The SMILES string of the molecule is CCCCCC[C@](N)(CCC)C(=O)O. The molecule has 3 heteroatoms. The summed E-state index contributed by atoms with van der Waals surface area (Å²) in [6.07, 6.45) is 6.37. The van der Waals surface area contributed by atoms with Crippen molar-refractivity contribution in [1.82, 2.24) is 0 Å². The largest absolute Gasteiger partial charge is 0.480 e. The van der Waals surface area contributed by atoms with Crippen molar-refractivity contribution in [3.05, 3.63) is 0 Å². The normalized spacial score (nSPS) is 15.1. The molecule has 84 valence electrons. The van der Waals surface area contributed by atoms with Crippen molar-refractivity contribution >= 4 is 5.97 Å². The molecule has 0 aromatic heterocycles. The highest BCUT2D eigenvalue weighted by Crippen LogP contribution is 2.18. The minimum Gasteiger partial charge on any atom is -0.480 e. The van der Waals surface area contributed by atoms with Crippen LogP contribution in [-0.2, 0) is 4.79 Å². The minimum atomic E-state index is -0.984. The molecule has 0 saturated carbocycles. The summed E-state index contributed by atoms with van der Waals surface area (Å²) in [7, 11) is 0. The van der Waals surface area contributed by atoms with Gasteiger partial charge in [0.2, 0.25) is 0 Å². The third-order valence-electron chi connectivity index (χ3n) is 2.60. The van der Waals surface area contributed by atoms with E-state index in [1.54, 1.807) is 0 Å². The molecule has 0 unspecified atom stereocenters. The van der Waals surface area contributed by atoms with Crippen molar-refractivity contribution in [1.29, 1.82) is 0 Å². The molecule has 0 heterocycles. The number of aliphatic carboxylic acids is 1. The summed E-state index contributed by atoms with van der Waals surface area (Å²) >= 11 is 0. The topological polar surface area (TPSA) is 63.3 Å². The van der Waals surface area contributed by atoms with E-state index >= 15 is 0 Å². The van der Waals surface area contributed by atoms with Gasteiger partial charge >= 0.3 is 5.97 Å². The zero-order valence-electron chi connectivity index (χ0n) is 9.38. The van der Waals surface area contributed by atoms with Crippen LogP contribution < -0.4 is 5.73 Å². The van der Waals surface area contributed by atoms with Crippen molar-refractivity contribution in [3.8, 4) is 0 Å². The summed E-state index contributed by atoms with van der Waals surface area (Å²) in [4.78, 5) is 10.9. The van der Waals surface area contributed by atoms with E-state index in [0.29, 0.717) is 12.8 Å². The van der Waals surface area contributed by atoms with E-state index in [0.717, 1.165) is 19.3 Å². The molecule has 0 radical (unpaired) electrons. The van der Waals surface area contributed by atoms with Crippen molar-refractivity contribution in [2.45, 2.75) is 64.3 Å². The van der Waals surface area contributed by atoms with E-state index in [-0.39, 0.29) is 0 Å². The summed E-state index contributed by atoms with van der Waals surface area (Å²) in [5, 5.41) is 9.00. The predicted molar refractivity (Wildman–Crippen MR) is 58.2 cm³/mol. The zero-order chi connectivity index (χ0) is 11.0. The van der Waals surface area contributed by atoms with Crippen LogP contribution >= 0.6 is 0 Å². The Labute approximate surface area is 86.7 Å². The Morgan fingerprint density at radius 3 is 2.21 bits per heavy atom. The first-order valence-corrected chi connectivity index (χ1v) is 5.59. The minimum absolute atomic E-state index is 0.578. The van der Waals surface area contributed by atoms with Gasteiger partial charge in [-0.1, -0.05) is 46.0 Å². The Kier molecular flexibility index (Phi) is 6.54. The van der Waals surface area contributed by atoms with Gasteiger partial charge in [-0.3, -0.25) is 4.79 Å². The molecule has 0 rings (SSSR count). The van der Waals surface area contributed by atoms with Gasteiger partial charge in [-0.25, -0.2) is 0 Å². The maximum absolute atomic E-state index is 10.9. The lowest BCUT2D eigenvalue weighted by atomic mass is 9.89. The van der Waals surface area contributed by atoms with Crippen molar-refractivity contribution in [2.75, 3.05) is 0 Å². The van der Waals surface area contributed by atoms with Crippen molar-refractivity contribution in [2.24, 2.45) is 5.73 Å². The third kappa shape index (κ3) is 4.61. The molecule has 0 fully saturated rings. The maximum atomic E-state index is 10.9. The summed E-state index contributed by atoms with van der Waals surface area (Å²) in [6.45, 7) is 4.11. The molecule has 0 spiro atoms. The number of carbonyl (C=O) groups is 1. The van der Waals surface area contributed by atoms with Gasteiger partial charge in [0.15, 0.2) is 0 Å². The van der Waals surface area contributed by atoms with Gasteiger partial charge in [0.1, 0.15) is 5.54 Å². The monoisotopic (exact) mass is 201 g/mol. The Morgan fingerprint density at radius 1 is 1.14 bits per heavy atom. The number of hydrogen-bond acceptors (Lipinski definition) is 2. The maximum Gasteiger partial charge on any atom is 0.323 e. The summed E-state index contributed by atoms with van der Waals surface area (Å²) in [6, 6.07) is 0. The number of nitrogens with two attached hydrogens (primary N) is 1. The average molecular weight is 201 g/mol. The average Bonchev–Trinajstić information content (AvgIpc) is 2.13. The predicted octanol–water partition coefficient (Wildman–Crippen LogP) is 2.54. The molecule has 14 heavy (non-hydrogen) atoms. The molecular formula is C11H23NO2. The Bertz CT molecular complexity index is 171. The lowest BCUT2D eigenvalue weighted by Gasteiger charge is -2.23. The van der Waals surface area contributed by atoms with Crippen LogP contribution in [0.1, 0.15) is 58.8 Å². The lowest BCUT2D eigenvalue weighted by molar-refractivity contribution is -0.144. The van der Waals surface area contributed by atoms with Crippen LogP contribution in [0.3, 0.4) is 0 Å². The van der Waals surface area contributed by atoms with Gasteiger partial charge in [-0.15, -0.1) is 0 Å². The van der Waals surface area contributed by atoms with E-state index in [1.165, 1.54) is 12.8 Å². The Morgan fingerprint density at radius 2 is 1.79 bits per heavy atom. The fourth-order valence-electron chi connectivity index (χ4n) is 1.65. The van der Waals surface area contributed by atoms with Gasteiger partial charge in [0.05, 0.1) is 0 Å². The van der Waals surface area contributed by atoms with Crippen LogP contribution in [0.15, 0.2) is 0 Å². The molecule has 0 saturated heterocycles. The first-order valence-electron chi connectivity index (χ1n) is 5.59. The van der Waals surface area contributed by atoms with Crippen LogP contribution in [0.2, 0.25) is 0 Å². The van der Waals surface area contributed by atoms with E-state index in [4.69, 9.17) is 10.8 Å². The molecular weight excluding hydrogens is 178 g/mol. The van der Waals surface area contributed by atoms with Gasteiger partial charge in [-0.05, 0) is 12.8 Å². The summed E-state index contributed by atoms with van der Waals surface area (Å²) in [5.74, 6) is -0.851. The summed E-state index contributed by atoms with van der Waals surface area (Å²) in [5.41, 5.74) is 4.85. The van der Waals surface area contributed by atoms with Crippen molar-refractivity contribution < 1.29 is 9.90 Å². The van der Waals surface area contributed by atoms with Crippen LogP contribution in [0.25, 0.3) is 0 Å². The van der Waals surface area contributed by atoms with Gasteiger partial charge < -0.3 is 10.8 Å². The van der Waals surface area contributed by atoms with Gasteiger partial charge in [0.25, 0.3) is 0 Å². The number of carboxylic acid groups (broad SMARTS) is 1. The van der Waals surface area contributed by atoms with Crippen LogP contribution in [0.5, 0.6) is 0 Å². The molecule has 0 bridgehead atoms.